The molecule has 0 amide bonds. The standard InChI is InChI=1S/C17H25NO2S/c18-16(17-10-3-4-11-21(17,19)20)12-14-8-5-7-13-6-1-2-9-15(13)14/h1-2,6,9,14,16-17H,3-5,7-8,10-12,18H2. The Morgan fingerprint density at radius 2 is 1.95 bits per heavy atom. The molecule has 0 bridgehead atoms. The van der Waals surface area contributed by atoms with Crippen molar-refractivity contribution in [3.8, 4) is 0 Å². The minimum Gasteiger partial charge on any atom is -0.327 e. The van der Waals surface area contributed by atoms with Crippen molar-refractivity contribution in [1.29, 1.82) is 0 Å². The predicted molar refractivity (Wildman–Crippen MR) is 86.1 cm³/mol. The van der Waals surface area contributed by atoms with Crippen molar-refractivity contribution in [2.75, 3.05) is 5.75 Å². The Labute approximate surface area is 127 Å². The van der Waals surface area contributed by atoms with Crippen LogP contribution in [0.3, 0.4) is 0 Å². The number of fused-ring (bicyclic) bond motifs is 1. The molecule has 3 unspecified atom stereocenters. The van der Waals surface area contributed by atoms with Crippen LogP contribution >= 0.6 is 0 Å². The van der Waals surface area contributed by atoms with E-state index in [4.69, 9.17) is 5.73 Å². The van der Waals surface area contributed by atoms with Crippen LogP contribution in [-0.2, 0) is 16.3 Å². The molecule has 2 N–H and O–H groups in total. The highest BCUT2D eigenvalue weighted by Gasteiger charge is 2.35. The van der Waals surface area contributed by atoms with E-state index in [0.29, 0.717) is 11.7 Å². The molecule has 1 aromatic rings. The van der Waals surface area contributed by atoms with E-state index in [1.54, 1.807) is 0 Å². The second-order valence-corrected chi connectivity index (χ2v) is 8.93. The minimum atomic E-state index is -2.98. The molecule has 116 valence electrons. The summed E-state index contributed by atoms with van der Waals surface area (Å²) in [5, 5.41) is -0.319. The van der Waals surface area contributed by atoms with Crippen molar-refractivity contribution in [3.05, 3.63) is 35.4 Å². The second-order valence-electron chi connectivity index (χ2n) is 6.59. The van der Waals surface area contributed by atoms with Crippen LogP contribution in [0.2, 0.25) is 0 Å². The molecular weight excluding hydrogens is 282 g/mol. The number of sulfone groups is 1. The van der Waals surface area contributed by atoms with Crippen LogP contribution < -0.4 is 5.73 Å². The Balaban J connectivity index is 1.75. The van der Waals surface area contributed by atoms with Gasteiger partial charge in [-0.3, -0.25) is 0 Å². The topological polar surface area (TPSA) is 60.2 Å². The van der Waals surface area contributed by atoms with Crippen LogP contribution in [-0.4, -0.2) is 25.5 Å². The number of aryl methyl sites for hydroxylation is 1. The van der Waals surface area contributed by atoms with Crippen molar-refractivity contribution >= 4 is 9.84 Å². The van der Waals surface area contributed by atoms with E-state index >= 15 is 0 Å². The predicted octanol–water partition coefficient (Wildman–Crippen LogP) is 2.79. The third kappa shape index (κ3) is 3.16. The number of nitrogens with two attached hydrogens (primary N) is 1. The lowest BCUT2D eigenvalue weighted by molar-refractivity contribution is 0.427. The van der Waals surface area contributed by atoms with Crippen molar-refractivity contribution in [3.63, 3.8) is 0 Å². The smallest absolute Gasteiger partial charge is 0.154 e. The molecule has 2 aliphatic rings. The maximum Gasteiger partial charge on any atom is 0.154 e. The zero-order valence-corrected chi connectivity index (χ0v) is 13.3. The summed E-state index contributed by atoms with van der Waals surface area (Å²) in [4.78, 5) is 0. The van der Waals surface area contributed by atoms with E-state index in [0.717, 1.165) is 38.5 Å². The normalized spacial score (nSPS) is 29.6. The minimum absolute atomic E-state index is 0.216. The lowest BCUT2D eigenvalue weighted by atomic mass is 9.79. The Hall–Kier alpha value is -0.870. The summed E-state index contributed by atoms with van der Waals surface area (Å²) < 4.78 is 24.5. The van der Waals surface area contributed by atoms with Crippen molar-refractivity contribution in [2.45, 2.75) is 62.2 Å². The van der Waals surface area contributed by atoms with Crippen LogP contribution in [0.4, 0.5) is 0 Å². The van der Waals surface area contributed by atoms with Gasteiger partial charge in [0.25, 0.3) is 0 Å². The second kappa shape index (κ2) is 6.09. The molecule has 0 saturated carbocycles. The molecule has 1 saturated heterocycles. The fourth-order valence-corrected chi connectivity index (χ4v) is 6.12. The first-order valence-corrected chi connectivity index (χ1v) is 9.84. The van der Waals surface area contributed by atoms with Gasteiger partial charge in [-0.2, -0.15) is 0 Å². The van der Waals surface area contributed by atoms with E-state index < -0.39 is 9.84 Å². The van der Waals surface area contributed by atoms with E-state index in [2.05, 4.69) is 24.3 Å². The van der Waals surface area contributed by atoms with Crippen molar-refractivity contribution < 1.29 is 8.42 Å². The quantitative estimate of drug-likeness (QED) is 0.934. The average molecular weight is 307 g/mol. The fourth-order valence-electron chi connectivity index (χ4n) is 4.04. The summed E-state index contributed by atoms with van der Waals surface area (Å²) in [6.45, 7) is 0. The summed E-state index contributed by atoms with van der Waals surface area (Å²) in [6.07, 6.45) is 6.82. The number of benzene rings is 1. The fraction of sp³-hybridized carbons (Fsp3) is 0.647. The zero-order chi connectivity index (χ0) is 14.9. The molecule has 1 fully saturated rings. The van der Waals surface area contributed by atoms with Gasteiger partial charge in [-0.05, 0) is 55.6 Å². The van der Waals surface area contributed by atoms with Crippen LogP contribution in [0.25, 0.3) is 0 Å². The van der Waals surface area contributed by atoms with Gasteiger partial charge in [-0.1, -0.05) is 30.7 Å². The lowest BCUT2D eigenvalue weighted by Crippen LogP contribution is -2.44. The van der Waals surface area contributed by atoms with Crippen molar-refractivity contribution in [2.24, 2.45) is 5.73 Å². The van der Waals surface area contributed by atoms with Gasteiger partial charge in [-0.25, -0.2) is 8.42 Å². The maximum atomic E-state index is 12.2. The van der Waals surface area contributed by atoms with Gasteiger partial charge in [-0.15, -0.1) is 0 Å². The maximum absolute atomic E-state index is 12.2. The molecule has 3 rings (SSSR count). The molecule has 1 aliphatic carbocycles. The third-order valence-electron chi connectivity index (χ3n) is 5.16. The number of hydrogen-bond acceptors (Lipinski definition) is 3. The highest BCUT2D eigenvalue weighted by molar-refractivity contribution is 7.92. The average Bonchev–Trinajstić information content (AvgIpc) is 2.47. The first kappa shape index (κ1) is 15.0. The van der Waals surface area contributed by atoms with Gasteiger partial charge in [0, 0.05) is 6.04 Å². The van der Waals surface area contributed by atoms with Gasteiger partial charge in [0.1, 0.15) is 0 Å². The highest BCUT2D eigenvalue weighted by atomic mass is 32.2. The van der Waals surface area contributed by atoms with Crippen molar-refractivity contribution in [1.82, 2.24) is 0 Å². The van der Waals surface area contributed by atoms with E-state index in [9.17, 15) is 8.42 Å². The molecule has 0 radical (unpaired) electrons. The summed E-state index contributed by atoms with van der Waals surface area (Å²) >= 11 is 0. The molecule has 1 heterocycles. The Morgan fingerprint density at radius 1 is 1.14 bits per heavy atom. The number of hydrogen-bond donors (Lipinski definition) is 1. The lowest BCUT2D eigenvalue weighted by Gasteiger charge is -2.32. The van der Waals surface area contributed by atoms with Gasteiger partial charge in [0.15, 0.2) is 9.84 Å². The van der Waals surface area contributed by atoms with Gasteiger partial charge in [0.2, 0.25) is 0 Å². The van der Waals surface area contributed by atoms with E-state index in [1.807, 2.05) is 0 Å². The van der Waals surface area contributed by atoms with Crippen LogP contribution in [0.5, 0.6) is 0 Å². The van der Waals surface area contributed by atoms with E-state index in [-0.39, 0.29) is 11.3 Å². The summed E-state index contributed by atoms with van der Waals surface area (Å²) in [6, 6.07) is 8.35. The molecule has 0 aromatic heterocycles. The zero-order valence-electron chi connectivity index (χ0n) is 12.5. The van der Waals surface area contributed by atoms with Crippen LogP contribution in [0, 0.1) is 0 Å². The third-order valence-corrected chi connectivity index (χ3v) is 7.52. The summed E-state index contributed by atoms with van der Waals surface area (Å²) in [5.74, 6) is 0.758. The Morgan fingerprint density at radius 3 is 2.76 bits per heavy atom. The monoisotopic (exact) mass is 307 g/mol. The molecule has 0 spiro atoms. The van der Waals surface area contributed by atoms with Crippen LogP contribution in [0.15, 0.2) is 24.3 Å². The van der Waals surface area contributed by atoms with Gasteiger partial charge >= 0.3 is 0 Å². The molecule has 21 heavy (non-hydrogen) atoms. The summed E-state index contributed by atoms with van der Waals surface area (Å²) in [7, 11) is -2.98. The first-order valence-electron chi connectivity index (χ1n) is 8.13. The number of rotatable bonds is 3. The highest BCUT2D eigenvalue weighted by Crippen LogP contribution is 2.36. The molecule has 4 heteroatoms. The Bertz CT molecular complexity index is 597. The van der Waals surface area contributed by atoms with E-state index in [1.165, 1.54) is 17.5 Å². The Kier molecular flexibility index (Phi) is 4.36. The first-order chi connectivity index (χ1) is 10.1. The van der Waals surface area contributed by atoms with Gasteiger partial charge < -0.3 is 5.73 Å². The molecule has 3 nitrogen and oxygen atoms in total. The van der Waals surface area contributed by atoms with Gasteiger partial charge in [0.05, 0.1) is 11.0 Å². The molecule has 1 aromatic carbocycles. The SMILES string of the molecule is NC(CC1CCCc2ccccc21)C1CCCCS1(=O)=O. The van der Waals surface area contributed by atoms with Crippen LogP contribution in [0.1, 0.15) is 55.6 Å². The molecule has 3 atom stereocenters. The summed E-state index contributed by atoms with van der Waals surface area (Å²) in [5.41, 5.74) is 9.15. The largest absolute Gasteiger partial charge is 0.327 e. The molecular formula is C17H25NO2S. The molecule has 1 aliphatic heterocycles.